The maximum atomic E-state index is 13.2. The van der Waals surface area contributed by atoms with Crippen molar-refractivity contribution < 1.29 is 9.18 Å². The Morgan fingerprint density at radius 3 is 2.71 bits per heavy atom. The van der Waals surface area contributed by atoms with Crippen molar-refractivity contribution in [2.75, 3.05) is 0 Å². The van der Waals surface area contributed by atoms with E-state index in [-0.39, 0.29) is 11.3 Å². The largest absolute Gasteiger partial charge is 0.293 e. The Morgan fingerprint density at radius 2 is 2.21 bits per heavy atom. The molecule has 76 valence electrons. The summed E-state index contributed by atoms with van der Waals surface area (Å²) in [5.74, 6) is -0.709. The molecule has 0 fully saturated rings. The Morgan fingerprint density at radius 1 is 1.57 bits per heavy atom. The summed E-state index contributed by atoms with van der Waals surface area (Å²) in [7, 11) is 0. The Kier molecular flexibility index (Phi) is 2.99. The third-order valence-corrected chi connectivity index (χ3v) is 2.52. The van der Waals surface area contributed by atoms with Crippen LogP contribution in [0.3, 0.4) is 0 Å². The standard InChI is InChI=1S/C11H14FNO/c1-4-11(2,3)10(14)8-5-6-13-7-9(8)12/h5-7H,4H2,1-3H3. The van der Waals surface area contributed by atoms with Gasteiger partial charge in [0, 0.05) is 11.6 Å². The van der Waals surface area contributed by atoms with Crippen LogP contribution in [0.25, 0.3) is 0 Å². The number of Topliss-reactive ketones (excluding diaryl/α,β-unsaturated/α-hetero) is 1. The summed E-state index contributed by atoms with van der Waals surface area (Å²) in [6, 6.07) is 1.43. The molecule has 0 aliphatic carbocycles. The predicted molar refractivity (Wildman–Crippen MR) is 52.6 cm³/mol. The first-order chi connectivity index (χ1) is 6.49. The van der Waals surface area contributed by atoms with Gasteiger partial charge in [0.15, 0.2) is 11.6 Å². The van der Waals surface area contributed by atoms with E-state index >= 15 is 0 Å². The molecule has 0 unspecified atom stereocenters. The van der Waals surface area contributed by atoms with Gasteiger partial charge in [0.05, 0.1) is 11.8 Å². The molecular formula is C11H14FNO. The summed E-state index contributed by atoms with van der Waals surface area (Å²) in [6.45, 7) is 5.54. The number of hydrogen-bond donors (Lipinski definition) is 0. The monoisotopic (exact) mass is 195 g/mol. The molecule has 0 amide bonds. The van der Waals surface area contributed by atoms with E-state index < -0.39 is 11.2 Å². The molecule has 0 bridgehead atoms. The zero-order chi connectivity index (χ0) is 10.8. The second-order valence-electron chi connectivity index (χ2n) is 3.92. The molecule has 1 rings (SSSR count). The van der Waals surface area contributed by atoms with Crippen molar-refractivity contribution in [3.05, 3.63) is 29.8 Å². The zero-order valence-electron chi connectivity index (χ0n) is 8.67. The SMILES string of the molecule is CCC(C)(C)C(=O)c1ccncc1F. The van der Waals surface area contributed by atoms with E-state index in [1.165, 1.54) is 12.3 Å². The van der Waals surface area contributed by atoms with Crippen LogP contribution in [0, 0.1) is 11.2 Å². The van der Waals surface area contributed by atoms with Crippen molar-refractivity contribution >= 4 is 5.78 Å². The molecule has 0 saturated heterocycles. The first-order valence-electron chi connectivity index (χ1n) is 4.63. The van der Waals surface area contributed by atoms with E-state index in [1.54, 1.807) is 0 Å². The van der Waals surface area contributed by atoms with Gasteiger partial charge >= 0.3 is 0 Å². The molecule has 2 nitrogen and oxygen atoms in total. The van der Waals surface area contributed by atoms with Gasteiger partial charge in [-0.05, 0) is 12.5 Å². The lowest BCUT2D eigenvalue weighted by Crippen LogP contribution is -2.24. The molecule has 0 N–H and O–H groups in total. The average Bonchev–Trinajstić information content (AvgIpc) is 2.17. The van der Waals surface area contributed by atoms with Gasteiger partial charge in [0.2, 0.25) is 0 Å². The molecule has 0 aromatic carbocycles. The Bertz CT molecular complexity index is 347. The van der Waals surface area contributed by atoms with Crippen LogP contribution in [0.5, 0.6) is 0 Å². The molecule has 0 saturated carbocycles. The second-order valence-corrected chi connectivity index (χ2v) is 3.92. The van der Waals surface area contributed by atoms with E-state index in [0.29, 0.717) is 6.42 Å². The normalized spacial score (nSPS) is 11.4. The number of carbonyl (C=O) groups excluding carboxylic acids is 1. The van der Waals surface area contributed by atoms with Gasteiger partial charge in [-0.25, -0.2) is 4.39 Å². The maximum absolute atomic E-state index is 13.2. The first-order valence-corrected chi connectivity index (χ1v) is 4.63. The van der Waals surface area contributed by atoms with Crippen LogP contribution in [0.15, 0.2) is 18.5 Å². The third kappa shape index (κ3) is 1.97. The lowest BCUT2D eigenvalue weighted by atomic mass is 9.82. The molecular weight excluding hydrogens is 181 g/mol. The summed E-state index contributed by atoms with van der Waals surface area (Å²) in [4.78, 5) is 15.5. The number of rotatable bonds is 3. The maximum Gasteiger partial charge on any atom is 0.171 e. The predicted octanol–water partition coefficient (Wildman–Crippen LogP) is 2.84. The highest BCUT2D eigenvalue weighted by Gasteiger charge is 2.28. The lowest BCUT2D eigenvalue weighted by Gasteiger charge is -2.20. The number of halogens is 1. The molecule has 1 aromatic rings. The van der Waals surface area contributed by atoms with Crippen molar-refractivity contribution in [1.82, 2.24) is 4.98 Å². The van der Waals surface area contributed by atoms with Gasteiger partial charge in [-0.15, -0.1) is 0 Å². The number of ketones is 1. The highest BCUT2D eigenvalue weighted by Crippen LogP contribution is 2.26. The van der Waals surface area contributed by atoms with E-state index in [2.05, 4.69) is 4.98 Å². The van der Waals surface area contributed by atoms with Gasteiger partial charge in [0.25, 0.3) is 0 Å². The summed E-state index contributed by atoms with van der Waals surface area (Å²) in [5.41, 5.74) is -0.380. The van der Waals surface area contributed by atoms with Crippen LogP contribution < -0.4 is 0 Å². The Labute approximate surface area is 83.2 Å². The minimum atomic E-state index is -0.543. The highest BCUT2D eigenvalue weighted by molar-refractivity contribution is 6.00. The van der Waals surface area contributed by atoms with E-state index in [9.17, 15) is 9.18 Å². The van der Waals surface area contributed by atoms with Crippen molar-refractivity contribution in [2.24, 2.45) is 5.41 Å². The quantitative estimate of drug-likeness (QED) is 0.694. The molecule has 14 heavy (non-hydrogen) atoms. The summed E-state index contributed by atoms with van der Waals surface area (Å²) in [5, 5.41) is 0. The van der Waals surface area contributed by atoms with E-state index in [1.807, 2.05) is 20.8 Å². The fraction of sp³-hybridized carbons (Fsp3) is 0.455. The zero-order valence-corrected chi connectivity index (χ0v) is 8.67. The lowest BCUT2D eigenvalue weighted by molar-refractivity contribution is 0.0828. The number of hydrogen-bond acceptors (Lipinski definition) is 2. The molecule has 0 aliphatic rings. The summed E-state index contributed by atoms with van der Waals surface area (Å²) >= 11 is 0. The first kappa shape index (κ1) is 10.8. The molecule has 0 radical (unpaired) electrons. The van der Waals surface area contributed by atoms with Crippen LogP contribution in [-0.2, 0) is 0 Å². The van der Waals surface area contributed by atoms with E-state index in [4.69, 9.17) is 0 Å². The van der Waals surface area contributed by atoms with Crippen LogP contribution in [0.2, 0.25) is 0 Å². The van der Waals surface area contributed by atoms with E-state index in [0.717, 1.165) is 6.20 Å². The number of carbonyl (C=O) groups is 1. The van der Waals surface area contributed by atoms with Crippen molar-refractivity contribution in [3.8, 4) is 0 Å². The van der Waals surface area contributed by atoms with Crippen LogP contribution in [0.1, 0.15) is 37.6 Å². The fourth-order valence-corrected chi connectivity index (χ4v) is 1.08. The van der Waals surface area contributed by atoms with Crippen LogP contribution in [0.4, 0.5) is 4.39 Å². The molecule has 0 aliphatic heterocycles. The Hall–Kier alpha value is -1.25. The minimum Gasteiger partial charge on any atom is -0.293 e. The average molecular weight is 195 g/mol. The third-order valence-electron chi connectivity index (χ3n) is 2.52. The van der Waals surface area contributed by atoms with Gasteiger partial charge in [-0.3, -0.25) is 9.78 Å². The molecule has 1 aromatic heterocycles. The van der Waals surface area contributed by atoms with Gasteiger partial charge < -0.3 is 0 Å². The highest BCUT2D eigenvalue weighted by atomic mass is 19.1. The molecule has 0 atom stereocenters. The smallest absolute Gasteiger partial charge is 0.171 e. The molecule has 3 heteroatoms. The number of pyridine rings is 1. The molecule has 1 heterocycles. The topological polar surface area (TPSA) is 30.0 Å². The Balaban J connectivity index is 3.07. The fourth-order valence-electron chi connectivity index (χ4n) is 1.08. The van der Waals surface area contributed by atoms with Crippen molar-refractivity contribution in [1.29, 1.82) is 0 Å². The number of aromatic nitrogens is 1. The van der Waals surface area contributed by atoms with Crippen LogP contribution in [-0.4, -0.2) is 10.8 Å². The minimum absolute atomic E-state index is 0.131. The molecule has 0 spiro atoms. The van der Waals surface area contributed by atoms with Gasteiger partial charge in [-0.1, -0.05) is 20.8 Å². The summed E-state index contributed by atoms with van der Waals surface area (Å²) < 4.78 is 13.2. The van der Waals surface area contributed by atoms with Gasteiger partial charge in [-0.2, -0.15) is 0 Å². The van der Waals surface area contributed by atoms with Crippen molar-refractivity contribution in [2.45, 2.75) is 27.2 Å². The van der Waals surface area contributed by atoms with Crippen molar-refractivity contribution in [3.63, 3.8) is 0 Å². The second kappa shape index (κ2) is 3.86. The number of nitrogens with zero attached hydrogens (tertiary/aromatic N) is 1. The van der Waals surface area contributed by atoms with Crippen LogP contribution >= 0.6 is 0 Å². The van der Waals surface area contributed by atoms with Gasteiger partial charge in [0.1, 0.15) is 0 Å². The summed E-state index contributed by atoms with van der Waals surface area (Å²) in [6.07, 6.45) is 3.19.